The first kappa shape index (κ1) is 23.6. The lowest BCUT2D eigenvalue weighted by Gasteiger charge is -2.31. The number of piperidine rings is 1. The van der Waals surface area contributed by atoms with Crippen molar-refractivity contribution in [1.82, 2.24) is 4.31 Å². The molecule has 1 aliphatic heterocycles. The van der Waals surface area contributed by atoms with Gasteiger partial charge in [0.1, 0.15) is 0 Å². The van der Waals surface area contributed by atoms with Gasteiger partial charge in [-0.3, -0.25) is 4.79 Å². The normalized spacial score (nSPS) is 16.3. The van der Waals surface area contributed by atoms with Crippen molar-refractivity contribution < 1.29 is 26.4 Å². The van der Waals surface area contributed by atoms with Crippen LogP contribution in [0.2, 0.25) is 5.02 Å². The average Bonchev–Trinajstić information content (AvgIpc) is 2.70. The van der Waals surface area contributed by atoms with Gasteiger partial charge in [-0.05, 0) is 49.1 Å². The number of hydrogen-bond acceptors (Lipinski definition) is 3. The number of amides is 1. The zero-order valence-corrected chi connectivity index (χ0v) is 18.3. The first-order chi connectivity index (χ1) is 14.5. The van der Waals surface area contributed by atoms with Crippen LogP contribution < -0.4 is 5.32 Å². The number of benzene rings is 2. The molecule has 0 aliphatic carbocycles. The van der Waals surface area contributed by atoms with Crippen LogP contribution in [-0.2, 0) is 26.7 Å². The smallest absolute Gasteiger partial charge is 0.325 e. The van der Waals surface area contributed by atoms with Crippen LogP contribution in [0.15, 0.2) is 42.5 Å². The van der Waals surface area contributed by atoms with Crippen molar-refractivity contribution in [3.05, 3.63) is 64.2 Å². The Kier molecular flexibility index (Phi) is 6.98. The van der Waals surface area contributed by atoms with E-state index in [4.69, 9.17) is 11.6 Å². The minimum absolute atomic E-state index is 0.0857. The zero-order valence-electron chi connectivity index (χ0n) is 16.7. The standard InChI is InChI=1S/C21H22ClF3N2O3S/c1-14-4-2-3-5-16(14)13-31(29,30)27-10-8-15(9-11-27)20(28)26-19-7-6-17(22)12-18(19)21(23,24)25/h2-7,12,15H,8-11,13H2,1H3,(H,26,28). The van der Waals surface area contributed by atoms with Gasteiger partial charge in [0.2, 0.25) is 15.9 Å². The van der Waals surface area contributed by atoms with E-state index in [-0.39, 0.29) is 42.4 Å². The Bertz CT molecular complexity index is 1070. The third-order valence-corrected chi connectivity index (χ3v) is 7.42. The Balaban J connectivity index is 1.64. The highest BCUT2D eigenvalue weighted by atomic mass is 35.5. The van der Waals surface area contributed by atoms with E-state index in [0.29, 0.717) is 5.56 Å². The lowest BCUT2D eigenvalue weighted by atomic mass is 9.97. The summed E-state index contributed by atoms with van der Waals surface area (Å²) in [5.41, 5.74) is 0.205. The van der Waals surface area contributed by atoms with Crippen LogP contribution in [0, 0.1) is 12.8 Å². The summed E-state index contributed by atoms with van der Waals surface area (Å²) in [5.74, 6) is -1.28. The van der Waals surface area contributed by atoms with Crippen molar-refractivity contribution in [2.75, 3.05) is 18.4 Å². The predicted molar refractivity (Wildman–Crippen MR) is 113 cm³/mol. The predicted octanol–water partition coefficient (Wildman–Crippen LogP) is 4.85. The molecule has 2 aromatic rings. The zero-order chi connectivity index (χ0) is 22.8. The summed E-state index contributed by atoms with van der Waals surface area (Å²) < 4.78 is 66.5. The molecule has 0 radical (unpaired) electrons. The second-order valence-corrected chi connectivity index (χ2v) is 9.94. The van der Waals surface area contributed by atoms with E-state index in [2.05, 4.69) is 5.32 Å². The summed E-state index contributed by atoms with van der Waals surface area (Å²) >= 11 is 5.66. The molecule has 0 aromatic heterocycles. The largest absolute Gasteiger partial charge is 0.418 e. The number of rotatable bonds is 5. The molecule has 0 atom stereocenters. The number of nitrogens with zero attached hydrogens (tertiary/aromatic N) is 1. The van der Waals surface area contributed by atoms with E-state index in [9.17, 15) is 26.4 Å². The Labute approximate surface area is 184 Å². The maximum Gasteiger partial charge on any atom is 0.418 e. The number of anilines is 1. The van der Waals surface area contributed by atoms with Crippen molar-refractivity contribution in [1.29, 1.82) is 0 Å². The number of sulfonamides is 1. The third kappa shape index (κ3) is 5.78. The number of carbonyl (C=O) groups is 1. The maximum atomic E-state index is 13.2. The van der Waals surface area contributed by atoms with Gasteiger partial charge < -0.3 is 5.32 Å². The van der Waals surface area contributed by atoms with Gasteiger partial charge in [0.05, 0.1) is 17.0 Å². The van der Waals surface area contributed by atoms with E-state index in [1.807, 2.05) is 19.1 Å². The minimum Gasteiger partial charge on any atom is -0.325 e. The van der Waals surface area contributed by atoms with Gasteiger partial charge in [-0.25, -0.2) is 12.7 Å². The molecule has 5 nitrogen and oxygen atoms in total. The number of hydrogen-bond donors (Lipinski definition) is 1. The third-order valence-electron chi connectivity index (χ3n) is 5.36. The summed E-state index contributed by atoms with van der Waals surface area (Å²) in [5, 5.41) is 2.24. The first-order valence-corrected chi connectivity index (χ1v) is 11.7. The Morgan fingerprint density at radius 3 is 2.42 bits per heavy atom. The summed E-state index contributed by atoms with van der Waals surface area (Å²) in [6.07, 6.45) is -4.21. The van der Waals surface area contributed by atoms with E-state index in [1.54, 1.807) is 12.1 Å². The molecule has 0 saturated carbocycles. The molecule has 2 aromatic carbocycles. The molecule has 1 heterocycles. The summed E-state index contributed by atoms with van der Waals surface area (Å²) in [6.45, 7) is 2.12. The molecule has 1 fully saturated rings. The van der Waals surface area contributed by atoms with Gasteiger partial charge in [0.15, 0.2) is 0 Å². The van der Waals surface area contributed by atoms with Crippen LogP contribution in [-0.4, -0.2) is 31.7 Å². The van der Waals surface area contributed by atoms with E-state index in [1.165, 1.54) is 10.4 Å². The van der Waals surface area contributed by atoms with Gasteiger partial charge in [0, 0.05) is 24.0 Å². The topological polar surface area (TPSA) is 66.5 Å². The van der Waals surface area contributed by atoms with Gasteiger partial charge in [-0.15, -0.1) is 0 Å². The Hall–Kier alpha value is -2.10. The first-order valence-electron chi connectivity index (χ1n) is 9.67. The summed E-state index contributed by atoms with van der Waals surface area (Å²) in [6, 6.07) is 10.4. The highest BCUT2D eigenvalue weighted by Crippen LogP contribution is 2.37. The minimum atomic E-state index is -4.67. The van der Waals surface area contributed by atoms with Crippen molar-refractivity contribution in [2.45, 2.75) is 31.7 Å². The van der Waals surface area contributed by atoms with Gasteiger partial charge in [-0.1, -0.05) is 35.9 Å². The molecule has 1 aliphatic rings. The van der Waals surface area contributed by atoms with Crippen molar-refractivity contribution in [2.24, 2.45) is 5.92 Å². The SMILES string of the molecule is Cc1ccccc1CS(=O)(=O)N1CCC(C(=O)Nc2ccc(Cl)cc2C(F)(F)F)CC1. The maximum absolute atomic E-state index is 13.2. The number of aryl methyl sites for hydroxylation is 1. The number of nitrogens with one attached hydrogen (secondary N) is 1. The van der Waals surface area contributed by atoms with Crippen molar-refractivity contribution in [3.8, 4) is 0 Å². The van der Waals surface area contributed by atoms with Crippen LogP contribution in [0.25, 0.3) is 0 Å². The fourth-order valence-electron chi connectivity index (χ4n) is 3.55. The molecular formula is C21H22ClF3N2O3S. The Morgan fingerprint density at radius 1 is 1.16 bits per heavy atom. The van der Waals surface area contributed by atoms with Gasteiger partial charge in [-0.2, -0.15) is 13.2 Å². The summed E-state index contributed by atoms with van der Waals surface area (Å²) in [4.78, 5) is 12.5. The average molecular weight is 475 g/mol. The molecule has 0 unspecified atom stereocenters. The second-order valence-electron chi connectivity index (χ2n) is 7.53. The van der Waals surface area contributed by atoms with Crippen LogP contribution in [0.3, 0.4) is 0 Å². The van der Waals surface area contributed by atoms with Crippen molar-refractivity contribution in [3.63, 3.8) is 0 Å². The molecule has 0 bridgehead atoms. The van der Waals surface area contributed by atoms with Crippen LogP contribution >= 0.6 is 11.6 Å². The van der Waals surface area contributed by atoms with Gasteiger partial charge >= 0.3 is 6.18 Å². The lowest BCUT2D eigenvalue weighted by molar-refractivity contribution is -0.137. The van der Waals surface area contributed by atoms with Crippen LogP contribution in [0.5, 0.6) is 0 Å². The molecule has 1 amide bonds. The van der Waals surface area contributed by atoms with E-state index >= 15 is 0 Å². The molecular weight excluding hydrogens is 453 g/mol. The fraction of sp³-hybridized carbons (Fsp3) is 0.381. The van der Waals surface area contributed by atoms with Crippen LogP contribution in [0.1, 0.15) is 29.5 Å². The number of alkyl halides is 3. The summed E-state index contributed by atoms with van der Waals surface area (Å²) in [7, 11) is -3.56. The van der Waals surface area contributed by atoms with Gasteiger partial charge in [0.25, 0.3) is 0 Å². The lowest BCUT2D eigenvalue weighted by Crippen LogP contribution is -2.42. The molecule has 1 N–H and O–H groups in total. The van der Waals surface area contributed by atoms with Crippen molar-refractivity contribution >= 4 is 33.2 Å². The number of halogens is 4. The van der Waals surface area contributed by atoms with E-state index < -0.39 is 33.6 Å². The monoisotopic (exact) mass is 474 g/mol. The quantitative estimate of drug-likeness (QED) is 0.673. The highest BCUT2D eigenvalue weighted by Gasteiger charge is 2.36. The number of carbonyl (C=O) groups excluding carboxylic acids is 1. The molecule has 1 saturated heterocycles. The second kappa shape index (κ2) is 9.18. The molecule has 0 spiro atoms. The molecule has 31 heavy (non-hydrogen) atoms. The highest BCUT2D eigenvalue weighted by molar-refractivity contribution is 7.88. The molecule has 10 heteroatoms. The van der Waals surface area contributed by atoms with Crippen LogP contribution in [0.4, 0.5) is 18.9 Å². The Morgan fingerprint density at radius 2 is 1.81 bits per heavy atom. The van der Waals surface area contributed by atoms with E-state index in [0.717, 1.165) is 17.7 Å². The fourth-order valence-corrected chi connectivity index (χ4v) is 5.39. The molecule has 168 valence electrons. The molecule has 3 rings (SSSR count).